The molecule has 170 valence electrons. The number of carbonyl (C=O) groups is 1. The highest BCUT2D eigenvalue weighted by molar-refractivity contribution is 7.22. The summed E-state index contributed by atoms with van der Waals surface area (Å²) in [6.45, 7) is 3.15. The predicted molar refractivity (Wildman–Crippen MR) is 126 cm³/mol. The van der Waals surface area contributed by atoms with Crippen molar-refractivity contribution in [2.45, 2.75) is 12.8 Å². The maximum atomic E-state index is 12.6. The molecular formula is C23H27N3O5S. The minimum atomic E-state index is -0.0592. The van der Waals surface area contributed by atoms with Crippen LogP contribution in [0.15, 0.2) is 30.3 Å². The first kappa shape index (κ1) is 22.2. The molecule has 1 saturated heterocycles. The Labute approximate surface area is 191 Å². The van der Waals surface area contributed by atoms with Gasteiger partial charge in [-0.05, 0) is 42.3 Å². The van der Waals surface area contributed by atoms with Crippen molar-refractivity contribution in [2.75, 3.05) is 57.8 Å². The van der Waals surface area contributed by atoms with E-state index in [9.17, 15) is 4.79 Å². The summed E-state index contributed by atoms with van der Waals surface area (Å²) in [4.78, 5) is 19.5. The highest BCUT2D eigenvalue weighted by atomic mass is 32.1. The third-order valence-corrected chi connectivity index (χ3v) is 6.39. The SMILES string of the molecule is COc1cc(CCC(=O)Nc2ccc3nc(N4CCOCC4)sc3c2)cc(OC)c1OC. The van der Waals surface area contributed by atoms with Gasteiger partial charge in [0.15, 0.2) is 16.6 Å². The van der Waals surface area contributed by atoms with Gasteiger partial charge >= 0.3 is 0 Å². The van der Waals surface area contributed by atoms with Crippen molar-refractivity contribution in [1.82, 2.24) is 4.98 Å². The molecule has 1 aliphatic heterocycles. The summed E-state index contributed by atoms with van der Waals surface area (Å²) in [5, 5.41) is 3.99. The number of nitrogens with zero attached hydrogens (tertiary/aromatic N) is 2. The fourth-order valence-electron chi connectivity index (χ4n) is 3.64. The minimum Gasteiger partial charge on any atom is -0.493 e. The normalized spacial score (nSPS) is 13.8. The van der Waals surface area contributed by atoms with Gasteiger partial charge in [-0.2, -0.15) is 0 Å². The Balaban J connectivity index is 1.40. The van der Waals surface area contributed by atoms with Gasteiger partial charge in [0.25, 0.3) is 0 Å². The number of fused-ring (bicyclic) bond motifs is 1. The summed E-state index contributed by atoms with van der Waals surface area (Å²) in [5.74, 6) is 1.64. The summed E-state index contributed by atoms with van der Waals surface area (Å²) in [5.41, 5.74) is 2.64. The zero-order valence-corrected chi connectivity index (χ0v) is 19.3. The van der Waals surface area contributed by atoms with Crippen molar-refractivity contribution < 1.29 is 23.7 Å². The standard InChI is InChI=1S/C23H27N3O5S/c1-28-18-12-15(13-19(29-2)22(18)30-3)4-7-21(27)24-16-5-6-17-20(14-16)32-23(25-17)26-8-10-31-11-9-26/h5-6,12-14H,4,7-11H2,1-3H3,(H,24,27). The largest absolute Gasteiger partial charge is 0.493 e. The number of hydrogen-bond donors (Lipinski definition) is 1. The van der Waals surface area contributed by atoms with E-state index in [0.717, 1.165) is 52.9 Å². The number of hydrogen-bond acceptors (Lipinski definition) is 8. The number of aromatic nitrogens is 1. The van der Waals surface area contributed by atoms with Gasteiger partial charge in [-0.1, -0.05) is 11.3 Å². The predicted octanol–water partition coefficient (Wildman–Crippen LogP) is 3.73. The molecular weight excluding hydrogens is 430 g/mol. The van der Waals surface area contributed by atoms with E-state index in [-0.39, 0.29) is 5.91 Å². The number of nitrogens with one attached hydrogen (secondary N) is 1. The summed E-state index contributed by atoms with van der Waals surface area (Å²) in [6, 6.07) is 9.55. The van der Waals surface area contributed by atoms with Gasteiger partial charge in [-0.3, -0.25) is 4.79 Å². The zero-order chi connectivity index (χ0) is 22.5. The van der Waals surface area contributed by atoms with Crippen LogP contribution in [-0.2, 0) is 16.0 Å². The van der Waals surface area contributed by atoms with E-state index in [1.54, 1.807) is 32.7 Å². The van der Waals surface area contributed by atoms with Gasteiger partial charge < -0.3 is 29.2 Å². The van der Waals surface area contributed by atoms with Crippen LogP contribution >= 0.6 is 11.3 Å². The fraction of sp³-hybridized carbons (Fsp3) is 0.391. The van der Waals surface area contributed by atoms with Gasteiger partial charge in [-0.25, -0.2) is 4.98 Å². The average molecular weight is 458 g/mol. The Kier molecular flexibility index (Phi) is 6.96. The lowest BCUT2D eigenvalue weighted by molar-refractivity contribution is -0.116. The Bertz CT molecular complexity index is 1070. The van der Waals surface area contributed by atoms with Crippen molar-refractivity contribution >= 4 is 38.3 Å². The van der Waals surface area contributed by atoms with Crippen molar-refractivity contribution in [2.24, 2.45) is 0 Å². The highest BCUT2D eigenvalue weighted by Crippen LogP contribution is 2.38. The maximum Gasteiger partial charge on any atom is 0.224 e. The average Bonchev–Trinajstić information content (AvgIpc) is 3.26. The first-order chi connectivity index (χ1) is 15.6. The quantitative estimate of drug-likeness (QED) is 0.552. The first-order valence-electron chi connectivity index (χ1n) is 10.4. The van der Waals surface area contributed by atoms with Crippen LogP contribution in [0, 0.1) is 0 Å². The van der Waals surface area contributed by atoms with Gasteiger partial charge in [0.05, 0.1) is 44.8 Å². The molecule has 2 aromatic carbocycles. The molecule has 8 nitrogen and oxygen atoms in total. The van der Waals surface area contributed by atoms with E-state index < -0.39 is 0 Å². The van der Waals surface area contributed by atoms with Crippen LogP contribution in [0.5, 0.6) is 17.2 Å². The summed E-state index contributed by atoms with van der Waals surface area (Å²) >= 11 is 1.64. The number of carbonyl (C=O) groups excluding carboxylic acids is 1. The van der Waals surface area contributed by atoms with E-state index in [2.05, 4.69) is 10.2 Å². The molecule has 4 rings (SSSR count). The van der Waals surface area contributed by atoms with Crippen LogP contribution in [0.4, 0.5) is 10.8 Å². The number of amides is 1. The van der Waals surface area contributed by atoms with Crippen molar-refractivity contribution in [3.63, 3.8) is 0 Å². The molecule has 0 bridgehead atoms. The third kappa shape index (κ3) is 4.89. The molecule has 0 spiro atoms. The van der Waals surface area contributed by atoms with Crippen molar-refractivity contribution in [3.05, 3.63) is 35.9 Å². The van der Waals surface area contributed by atoms with Gasteiger partial charge in [-0.15, -0.1) is 0 Å². The van der Waals surface area contributed by atoms with E-state index in [0.29, 0.717) is 30.1 Å². The van der Waals surface area contributed by atoms with Crippen LogP contribution in [0.2, 0.25) is 0 Å². The highest BCUT2D eigenvalue weighted by Gasteiger charge is 2.16. The van der Waals surface area contributed by atoms with E-state index in [1.807, 2.05) is 30.3 Å². The molecule has 1 aliphatic rings. The first-order valence-corrected chi connectivity index (χ1v) is 11.2. The number of thiazole rings is 1. The molecule has 3 aromatic rings. The van der Waals surface area contributed by atoms with Crippen LogP contribution in [0.25, 0.3) is 10.2 Å². The number of benzene rings is 2. The number of anilines is 2. The van der Waals surface area contributed by atoms with Crippen molar-refractivity contribution in [1.29, 1.82) is 0 Å². The third-order valence-electron chi connectivity index (χ3n) is 5.31. The molecule has 1 fully saturated rings. The van der Waals surface area contributed by atoms with E-state index in [4.69, 9.17) is 23.9 Å². The Hall–Kier alpha value is -3.04. The molecule has 0 aliphatic carbocycles. The Morgan fingerprint density at radius 1 is 1.09 bits per heavy atom. The molecule has 1 amide bonds. The van der Waals surface area contributed by atoms with Gasteiger partial charge in [0.1, 0.15) is 0 Å². The fourth-order valence-corrected chi connectivity index (χ4v) is 4.70. The molecule has 0 atom stereocenters. The number of morpholine rings is 1. The topological polar surface area (TPSA) is 82.2 Å². The van der Waals surface area contributed by atoms with Crippen LogP contribution in [0.1, 0.15) is 12.0 Å². The smallest absolute Gasteiger partial charge is 0.224 e. The molecule has 32 heavy (non-hydrogen) atoms. The second-order valence-electron chi connectivity index (χ2n) is 7.36. The maximum absolute atomic E-state index is 12.6. The zero-order valence-electron chi connectivity index (χ0n) is 18.5. The summed E-state index contributed by atoms with van der Waals surface area (Å²) < 4.78 is 22.6. The lowest BCUT2D eigenvalue weighted by atomic mass is 10.1. The Morgan fingerprint density at radius 3 is 2.47 bits per heavy atom. The molecule has 1 N–H and O–H groups in total. The molecule has 1 aromatic heterocycles. The van der Waals surface area contributed by atoms with Crippen LogP contribution in [-0.4, -0.2) is 58.5 Å². The molecule has 0 unspecified atom stereocenters. The second-order valence-corrected chi connectivity index (χ2v) is 8.37. The van der Waals surface area contributed by atoms with E-state index >= 15 is 0 Å². The number of methoxy groups -OCH3 is 3. The number of rotatable bonds is 8. The monoisotopic (exact) mass is 457 g/mol. The minimum absolute atomic E-state index is 0.0592. The summed E-state index contributed by atoms with van der Waals surface area (Å²) in [6.07, 6.45) is 0.880. The number of aryl methyl sites for hydroxylation is 1. The molecule has 2 heterocycles. The van der Waals surface area contributed by atoms with Crippen LogP contribution < -0.4 is 24.4 Å². The van der Waals surface area contributed by atoms with Gasteiger partial charge in [0.2, 0.25) is 11.7 Å². The summed E-state index contributed by atoms with van der Waals surface area (Å²) in [7, 11) is 4.72. The van der Waals surface area contributed by atoms with Crippen molar-refractivity contribution in [3.8, 4) is 17.2 Å². The van der Waals surface area contributed by atoms with Crippen LogP contribution in [0.3, 0.4) is 0 Å². The lowest BCUT2D eigenvalue weighted by Crippen LogP contribution is -2.36. The molecule has 0 radical (unpaired) electrons. The number of ether oxygens (including phenoxy) is 4. The second kappa shape index (κ2) is 10.1. The molecule has 9 heteroatoms. The van der Waals surface area contributed by atoms with E-state index in [1.165, 1.54) is 0 Å². The van der Waals surface area contributed by atoms with Gasteiger partial charge in [0, 0.05) is 25.2 Å². The Morgan fingerprint density at radius 2 is 1.81 bits per heavy atom. The lowest BCUT2D eigenvalue weighted by Gasteiger charge is -2.25. The molecule has 0 saturated carbocycles.